The number of hydrogen-bond donors (Lipinski definition) is 1. The summed E-state index contributed by atoms with van der Waals surface area (Å²) in [5, 5.41) is 0. The summed E-state index contributed by atoms with van der Waals surface area (Å²) in [6.07, 6.45) is 6.28. The first-order valence-corrected chi connectivity index (χ1v) is 8.07. The van der Waals surface area contributed by atoms with E-state index in [0.29, 0.717) is 6.04 Å². The normalized spacial score (nSPS) is 33.4. The lowest BCUT2D eigenvalue weighted by Gasteiger charge is -2.44. The monoisotopic (exact) mass is 282 g/mol. The Kier molecular flexibility index (Phi) is 5.08. The quantitative estimate of drug-likeness (QED) is 0.806. The maximum atomic E-state index is 11.9. The van der Waals surface area contributed by atoms with Crippen LogP contribution >= 0.6 is 0 Å². The van der Waals surface area contributed by atoms with Crippen molar-refractivity contribution in [3.05, 3.63) is 0 Å². The molecule has 1 heterocycles. The van der Waals surface area contributed by atoms with Gasteiger partial charge < -0.3 is 15.4 Å². The smallest absolute Gasteiger partial charge is 0.325 e. The first kappa shape index (κ1) is 15.8. The summed E-state index contributed by atoms with van der Waals surface area (Å²) >= 11 is 0. The highest BCUT2D eigenvalue weighted by molar-refractivity contribution is 5.80. The van der Waals surface area contributed by atoms with Gasteiger partial charge in [-0.1, -0.05) is 13.8 Å². The van der Waals surface area contributed by atoms with Crippen LogP contribution in [-0.4, -0.2) is 42.6 Å². The summed E-state index contributed by atoms with van der Waals surface area (Å²) in [5.41, 5.74) is 5.53. The van der Waals surface area contributed by atoms with Crippen molar-refractivity contribution < 1.29 is 9.53 Å². The second-order valence-electron chi connectivity index (χ2n) is 7.02. The molecule has 4 nitrogen and oxygen atoms in total. The molecule has 2 fully saturated rings. The molecule has 1 saturated carbocycles. The molecule has 0 amide bonds. The van der Waals surface area contributed by atoms with Crippen LogP contribution in [0.25, 0.3) is 0 Å². The molecule has 2 aliphatic rings. The van der Waals surface area contributed by atoms with Gasteiger partial charge in [0.25, 0.3) is 0 Å². The van der Waals surface area contributed by atoms with Crippen molar-refractivity contribution in [2.45, 2.75) is 64.0 Å². The van der Waals surface area contributed by atoms with Gasteiger partial charge in [-0.2, -0.15) is 0 Å². The largest absolute Gasteiger partial charge is 0.468 e. The van der Waals surface area contributed by atoms with E-state index in [9.17, 15) is 4.79 Å². The minimum atomic E-state index is -0.757. The molecule has 2 atom stereocenters. The van der Waals surface area contributed by atoms with Crippen molar-refractivity contribution >= 4 is 5.97 Å². The number of ether oxygens (including phenoxy) is 1. The summed E-state index contributed by atoms with van der Waals surface area (Å²) in [4.78, 5) is 14.5. The molecule has 4 heteroatoms. The van der Waals surface area contributed by atoms with Gasteiger partial charge in [-0.05, 0) is 63.5 Å². The van der Waals surface area contributed by atoms with Gasteiger partial charge >= 0.3 is 5.97 Å². The molecule has 0 spiro atoms. The molecule has 2 N–H and O–H groups in total. The lowest BCUT2D eigenvalue weighted by molar-refractivity contribution is -0.149. The lowest BCUT2D eigenvalue weighted by Crippen LogP contribution is -2.57. The van der Waals surface area contributed by atoms with E-state index in [1.807, 2.05) is 0 Å². The zero-order valence-corrected chi connectivity index (χ0v) is 13.2. The lowest BCUT2D eigenvalue weighted by atomic mass is 9.78. The summed E-state index contributed by atoms with van der Waals surface area (Å²) in [5.74, 6) is 1.41. The first-order chi connectivity index (χ1) is 9.46. The van der Waals surface area contributed by atoms with Crippen molar-refractivity contribution in [1.29, 1.82) is 0 Å². The van der Waals surface area contributed by atoms with Gasteiger partial charge in [0.2, 0.25) is 0 Å². The molecule has 0 aromatic heterocycles. The number of carbonyl (C=O) groups excluding carboxylic acids is 1. The van der Waals surface area contributed by atoms with Crippen molar-refractivity contribution in [3.63, 3.8) is 0 Å². The number of nitrogens with two attached hydrogens (primary N) is 1. The molecule has 1 aliphatic heterocycles. The molecule has 0 radical (unpaired) electrons. The third kappa shape index (κ3) is 3.34. The fourth-order valence-corrected chi connectivity index (χ4v) is 3.93. The Labute approximate surface area is 123 Å². The molecule has 0 aromatic rings. The highest BCUT2D eigenvalue weighted by Gasteiger charge is 2.42. The van der Waals surface area contributed by atoms with Gasteiger partial charge in [-0.3, -0.25) is 4.79 Å². The number of carbonyl (C=O) groups is 1. The molecule has 2 rings (SSSR count). The number of likely N-dealkylation sites (tertiary alicyclic amines) is 1. The zero-order chi connectivity index (χ0) is 14.8. The molecular formula is C16H30N2O2. The van der Waals surface area contributed by atoms with Crippen molar-refractivity contribution in [1.82, 2.24) is 4.90 Å². The molecule has 1 saturated heterocycles. The molecule has 2 unspecified atom stereocenters. The van der Waals surface area contributed by atoms with E-state index in [4.69, 9.17) is 10.5 Å². The predicted octanol–water partition coefficient (Wildman–Crippen LogP) is 2.17. The van der Waals surface area contributed by atoms with E-state index >= 15 is 0 Å². The highest BCUT2D eigenvalue weighted by Crippen LogP contribution is 2.33. The van der Waals surface area contributed by atoms with Gasteiger partial charge in [-0.15, -0.1) is 0 Å². The van der Waals surface area contributed by atoms with E-state index < -0.39 is 5.54 Å². The Morgan fingerprint density at radius 1 is 1.30 bits per heavy atom. The summed E-state index contributed by atoms with van der Waals surface area (Å²) < 4.78 is 4.89. The van der Waals surface area contributed by atoms with Crippen LogP contribution in [0.5, 0.6) is 0 Å². The summed E-state index contributed by atoms with van der Waals surface area (Å²) in [6.45, 7) is 6.96. The van der Waals surface area contributed by atoms with E-state index in [0.717, 1.165) is 44.2 Å². The molecule has 1 aliphatic carbocycles. The van der Waals surface area contributed by atoms with E-state index in [-0.39, 0.29) is 5.97 Å². The zero-order valence-electron chi connectivity index (χ0n) is 13.2. The molecule has 20 heavy (non-hydrogen) atoms. The maximum Gasteiger partial charge on any atom is 0.325 e. The van der Waals surface area contributed by atoms with Gasteiger partial charge in [0.15, 0.2) is 0 Å². The van der Waals surface area contributed by atoms with Gasteiger partial charge in [0, 0.05) is 6.04 Å². The minimum absolute atomic E-state index is 0.237. The van der Waals surface area contributed by atoms with Crippen LogP contribution in [0.15, 0.2) is 0 Å². The molecule has 116 valence electrons. The van der Waals surface area contributed by atoms with Crippen LogP contribution in [0, 0.1) is 11.8 Å². The maximum absolute atomic E-state index is 11.9. The second kappa shape index (κ2) is 6.44. The third-order valence-electron chi connectivity index (χ3n) is 5.39. The molecule has 0 aromatic carbocycles. The second-order valence-corrected chi connectivity index (χ2v) is 7.02. The van der Waals surface area contributed by atoms with E-state index in [2.05, 4.69) is 18.7 Å². The SMILES string of the molecule is COC(=O)C1(N)CCCC(N2CCC(C(C)C)CC2)C1. The van der Waals surface area contributed by atoms with E-state index in [1.54, 1.807) is 0 Å². The Bertz CT molecular complexity index is 337. The first-order valence-electron chi connectivity index (χ1n) is 8.07. The van der Waals surface area contributed by atoms with Crippen LogP contribution < -0.4 is 5.73 Å². The Morgan fingerprint density at radius 3 is 2.50 bits per heavy atom. The van der Waals surface area contributed by atoms with Crippen molar-refractivity contribution in [3.8, 4) is 0 Å². The molecule has 0 bridgehead atoms. The third-order valence-corrected chi connectivity index (χ3v) is 5.39. The molecular weight excluding hydrogens is 252 g/mol. The number of methoxy groups -OCH3 is 1. The Morgan fingerprint density at radius 2 is 1.95 bits per heavy atom. The predicted molar refractivity (Wildman–Crippen MR) is 80.3 cm³/mol. The number of rotatable bonds is 3. The standard InChI is InChI=1S/C16H30N2O2/c1-12(2)13-6-9-18(10-7-13)14-5-4-8-16(17,11-14)15(19)20-3/h12-14H,4-11,17H2,1-3H3. The summed E-state index contributed by atoms with van der Waals surface area (Å²) in [7, 11) is 1.44. The fraction of sp³-hybridized carbons (Fsp3) is 0.938. The van der Waals surface area contributed by atoms with Gasteiger partial charge in [0.05, 0.1) is 7.11 Å². The Hall–Kier alpha value is -0.610. The van der Waals surface area contributed by atoms with Crippen LogP contribution in [0.3, 0.4) is 0 Å². The van der Waals surface area contributed by atoms with Crippen LogP contribution in [-0.2, 0) is 9.53 Å². The number of esters is 1. The minimum Gasteiger partial charge on any atom is -0.468 e. The van der Waals surface area contributed by atoms with E-state index in [1.165, 1.54) is 26.4 Å². The van der Waals surface area contributed by atoms with Crippen LogP contribution in [0.4, 0.5) is 0 Å². The average molecular weight is 282 g/mol. The average Bonchev–Trinajstić information content (AvgIpc) is 2.46. The van der Waals surface area contributed by atoms with Crippen LogP contribution in [0.2, 0.25) is 0 Å². The van der Waals surface area contributed by atoms with Gasteiger partial charge in [0.1, 0.15) is 5.54 Å². The topological polar surface area (TPSA) is 55.6 Å². The number of nitrogens with zero attached hydrogens (tertiary/aromatic N) is 1. The van der Waals surface area contributed by atoms with Gasteiger partial charge in [-0.25, -0.2) is 0 Å². The fourth-order valence-electron chi connectivity index (χ4n) is 3.93. The number of hydrogen-bond acceptors (Lipinski definition) is 4. The van der Waals surface area contributed by atoms with Crippen LogP contribution in [0.1, 0.15) is 52.4 Å². The van der Waals surface area contributed by atoms with Crippen molar-refractivity contribution in [2.75, 3.05) is 20.2 Å². The number of piperidine rings is 1. The van der Waals surface area contributed by atoms with Crippen molar-refractivity contribution in [2.24, 2.45) is 17.6 Å². The highest BCUT2D eigenvalue weighted by atomic mass is 16.5. The summed E-state index contributed by atoms with van der Waals surface area (Å²) in [6, 6.07) is 0.459. The Balaban J connectivity index is 1.92.